The van der Waals surface area contributed by atoms with Crippen molar-refractivity contribution in [2.24, 2.45) is 0 Å². The summed E-state index contributed by atoms with van der Waals surface area (Å²) in [5, 5.41) is 2.94. The lowest BCUT2D eigenvalue weighted by molar-refractivity contribution is 0.0666. The van der Waals surface area contributed by atoms with Gasteiger partial charge in [-0.25, -0.2) is 9.37 Å². The summed E-state index contributed by atoms with van der Waals surface area (Å²) in [6, 6.07) is 6.11. The zero-order valence-electron chi connectivity index (χ0n) is 9.48. The zero-order chi connectivity index (χ0) is 13.0. The SMILES string of the molecule is Fc1cccc(CNCc2nccn2C(F)F)c1. The van der Waals surface area contributed by atoms with E-state index in [9.17, 15) is 13.2 Å². The highest BCUT2D eigenvalue weighted by Gasteiger charge is 2.10. The fourth-order valence-corrected chi connectivity index (χ4v) is 1.62. The normalized spacial score (nSPS) is 11.1. The average molecular weight is 255 g/mol. The summed E-state index contributed by atoms with van der Waals surface area (Å²) in [4.78, 5) is 3.83. The Balaban J connectivity index is 1.90. The van der Waals surface area contributed by atoms with Crippen LogP contribution in [0.2, 0.25) is 0 Å². The maximum Gasteiger partial charge on any atom is 0.319 e. The van der Waals surface area contributed by atoms with E-state index in [1.807, 2.05) is 0 Å². The molecule has 1 heterocycles. The minimum Gasteiger partial charge on any atom is -0.306 e. The van der Waals surface area contributed by atoms with Gasteiger partial charge in [0, 0.05) is 18.9 Å². The van der Waals surface area contributed by atoms with Gasteiger partial charge in [0.2, 0.25) is 0 Å². The maximum absolute atomic E-state index is 12.9. The molecule has 0 amide bonds. The summed E-state index contributed by atoms with van der Waals surface area (Å²) in [6.07, 6.45) is 2.55. The van der Waals surface area contributed by atoms with E-state index in [4.69, 9.17) is 0 Å². The molecule has 0 aliphatic heterocycles. The monoisotopic (exact) mass is 255 g/mol. The first-order valence-corrected chi connectivity index (χ1v) is 5.42. The lowest BCUT2D eigenvalue weighted by Crippen LogP contribution is -2.17. The molecule has 0 saturated carbocycles. The van der Waals surface area contributed by atoms with E-state index >= 15 is 0 Å². The molecule has 6 heteroatoms. The third-order valence-corrected chi connectivity index (χ3v) is 2.46. The standard InChI is InChI=1S/C12H12F3N3/c13-10-3-1-2-9(6-10)7-16-8-11-17-4-5-18(11)12(14)15/h1-6,12,16H,7-8H2. The van der Waals surface area contributed by atoms with Crippen LogP contribution >= 0.6 is 0 Å². The lowest BCUT2D eigenvalue weighted by Gasteiger charge is -2.07. The number of halogens is 3. The highest BCUT2D eigenvalue weighted by molar-refractivity contribution is 5.16. The van der Waals surface area contributed by atoms with Crippen molar-refractivity contribution in [1.82, 2.24) is 14.9 Å². The van der Waals surface area contributed by atoms with Crippen LogP contribution in [0.3, 0.4) is 0 Å². The topological polar surface area (TPSA) is 29.9 Å². The summed E-state index contributed by atoms with van der Waals surface area (Å²) < 4.78 is 38.7. The second-order valence-electron chi connectivity index (χ2n) is 3.76. The second kappa shape index (κ2) is 5.68. The number of rotatable bonds is 5. The summed E-state index contributed by atoms with van der Waals surface area (Å²) in [7, 11) is 0. The number of benzene rings is 1. The van der Waals surface area contributed by atoms with E-state index in [1.54, 1.807) is 12.1 Å². The molecule has 0 aliphatic carbocycles. The molecule has 3 nitrogen and oxygen atoms in total. The van der Waals surface area contributed by atoms with Crippen molar-refractivity contribution in [2.45, 2.75) is 19.6 Å². The molecule has 0 spiro atoms. The summed E-state index contributed by atoms with van der Waals surface area (Å²) in [6.45, 7) is -2.00. The highest BCUT2D eigenvalue weighted by Crippen LogP contribution is 2.12. The van der Waals surface area contributed by atoms with Gasteiger partial charge in [0.15, 0.2) is 0 Å². The van der Waals surface area contributed by atoms with Crippen molar-refractivity contribution in [3.63, 3.8) is 0 Å². The van der Waals surface area contributed by atoms with Crippen molar-refractivity contribution in [2.75, 3.05) is 0 Å². The third kappa shape index (κ3) is 3.10. The van der Waals surface area contributed by atoms with Gasteiger partial charge in [-0.3, -0.25) is 4.57 Å². The van der Waals surface area contributed by atoms with Gasteiger partial charge in [0.05, 0.1) is 6.54 Å². The van der Waals surface area contributed by atoms with Crippen LogP contribution in [0.25, 0.3) is 0 Å². The molecule has 0 fully saturated rings. The molecule has 0 bridgehead atoms. The van der Waals surface area contributed by atoms with Crippen LogP contribution in [0.4, 0.5) is 13.2 Å². The number of nitrogens with zero attached hydrogens (tertiary/aromatic N) is 2. The Labute approximate surface area is 102 Å². The molecular formula is C12H12F3N3. The molecule has 1 aromatic carbocycles. The number of aromatic nitrogens is 2. The van der Waals surface area contributed by atoms with Crippen molar-refractivity contribution >= 4 is 0 Å². The van der Waals surface area contributed by atoms with E-state index in [1.165, 1.54) is 24.5 Å². The predicted molar refractivity (Wildman–Crippen MR) is 60.4 cm³/mol. The van der Waals surface area contributed by atoms with Gasteiger partial charge in [0.25, 0.3) is 0 Å². The van der Waals surface area contributed by atoms with Crippen LogP contribution in [0.5, 0.6) is 0 Å². The first kappa shape index (κ1) is 12.6. The molecule has 18 heavy (non-hydrogen) atoms. The van der Waals surface area contributed by atoms with E-state index in [0.29, 0.717) is 6.54 Å². The number of hydrogen-bond donors (Lipinski definition) is 1. The van der Waals surface area contributed by atoms with Crippen LogP contribution in [0.15, 0.2) is 36.7 Å². The van der Waals surface area contributed by atoms with Crippen LogP contribution in [-0.2, 0) is 13.1 Å². The third-order valence-electron chi connectivity index (χ3n) is 2.46. The zero-order valence-corrected chi connectivity index (χ0v) is 9.48. The summed E-state index contributed by atoms with van der Waals surface area (Å²) >= 11 is 0. The number of imidazole rings is 1. The molecular weight excluding hydrogens is 243 g/mol. The Morgan fingerprint density at radius 1 is 1.28 bits per heavy atom. The smallest absolute Gasteiger partial charge is 0.306 e. The molecule has 0 radical (unpaired) electrons. The van der Waals surface area contributed by atoms with Gasteiger partial charge < -0.3 is 5.32 Å². The van der Waals surface area contributed by atoms with Crippen molar-refractivity contribution in [1.29, 1.82) is 0 Å². The Morgan fingerprint density at radius 3 is 2.83 bits per heavy atom. The number of nitrogens with one attached hydrogen (secondary N) is 1. The lowest BCUT2D eigenvalue weighted by atomic mass is 10.2. The molecule has 2 aromatic rings. The first-order valence-electron chi connectivity index (χ1n) is 5.42. The Kier molecular flexibility index (Phi) is 3.99. The second-order valence-corrected chi connectivity index (χ2v) is 3.76. The van der Waals surface area contributed by atoms with Gasteiger partial charge in [-0.1, -0.05) is 12.1 Å². The maximum atomic E-state index is 12.9. The van der Waals surface area contributed by atoms with Crippen LogP contribution in [-0.4, -0.2) is 9.55 Å². The predicted octanol–water partition coefficient (Wildman–Crippen LogP) is 2.71. The fraction of sp³-hybridized carbons (Fsp3) is 0.250. The molecule has 96 valence electrons. The molecule has 1 aromatic heterocycles. The largest absolute Gasteiger partial charge is 0.319 e. The van der Waals surface area contributed by atoms with Crippen LogP contribution in [0.1, 0.15) is 17.9 Å². The molecule has 0 unspecified atom stereocenters. The number of alkyl halides is 2. The Morgan fingerprint density at radius 2 is 2.11 bits per heavy atom. The van der Waals surface area contributed by atoms with E-state index in [-0.39, 0.29) is 18.2 Å². The van der Waals surface area contributed by atoms with E-state index in [2.05, 4.69) is 10.3 Å². The summed E-state index contributed by atoms with van der Waals surface area (Å²) in [5.74, 6) is -0.0650. The Bertz CT molecular complexity index is 511. The minimum atomic E-state index is -2.60. The number of hydrogen-bond acceptors (Lipinski definition) is 2. The van der Waals surface area contributed by atoms with Crippen molar-refractivity contribution in [3.8, 4) is 0 Å². The molecule has 0 atom stereocenters. The van der Waals surface area contributed by atoms with Gasteiger partial charge in [-0.05, 0) is 17.7 Å². The van der Waals surface area contributed by atoms with Gasteiger partial charge in [-0.15, -0.1) is 0 Å². The van der Waals surface area contributed by atoms with Crippen molar-refractivity contribution < 1.29 is 13.2 Å². The summed E-state index contributed by atoms with van der Waals surface area (Å²) in [5.41, 5.74) is 0.755. The van der Waals surface area contributed by atoms with Gasteiger partial charge in [-0.2, -0.15) is 8.78 Å². The van der Waals surface area contributed by atoms with Gasteiger partial charge >= 0.3 is 6.55 Å². The molecule has 2 rings (SSSR count). The van der Waals surface area contributed by atoms with Crippen LogP contribution in [0, 0.1) is 5.82 Å². The fourth-order valence-electron chi connectivity index (χ4n) is 1.62. The van der Waals surface area contributed by atoms with E-state index in [0.717, 1.165) is 10.1 Å². The van der Waals surface area contributed by atoms with Gasteiger partial charge in [0.1, 0.15) is 11.6 Å². The molecule has 0 aliphatic rings. The quantitative estimate of drug-likeness (QED) is 0.890. The average Bonchev–Trinajstić information content (AvgIpc) is 2.77. The van der Waals surface area contributed by atoms with Crippen LogP contribution < -0.4 is 5.32 Å². The van der Waals surface area contributed by atoms with Crippen molar-refractivity contribution in [3.05, 3.63) is 53.9 Å². The molecule has 1 N–H and O–H groups in total. The highest BCUT2D eigenvalue weighted by atomic mass is 19.3. The Hall–Kier alpha value is -1.82. The first-order chi connectivity index (χ1) is 8.66. The minimum absolute atomic E-state index is 0.202. The molecule has 0 saturated heterocycles. The van der Waals surface area contributed by atoms with E-state index < -0.39 is 6.55 Å².